The van der Waals surface area contributed by atoms with Crippen molar-refractivity contribution in [2.45, 2.75) is 147 Å². The standard InChI is InChI=1S/C44H76N14O8/c1-5-27(4)35(57-37(60)31(18-12-22-52-44(49)50)53-39(62)34-19-13-23-58(34)41(64)29(46)16-9-10-20-45)40(63)54-30(17-11-21-51-43(47)48)36(59)55-32(24-26(2)3)38(61)56-33(42(65)66)25-28-14-7-6-8-15-28/h6-8,14-15,26-27,29-35H,5,9-13,16-25,45-46H2,1-4H3,(H,53,62)(H,54,63)(H,55,59)(H,56,61)(H,57,60)(H,65,66)(H4,47,48,51)(H4,49,50,52)/t27-,29-,30-,31-,32-,33-,34-,35-/m0/s1. The smallest absolute Gasteiger partial charge is 0.326 e. The van der Waals surface area contributed by atoms with Gasteiger partial charge in [0.15, 0.2) is 11.9 Å². The Morgan fingerprint density at radius 3 is 1.82 bits per heavy atom. The lowest BCUT2D eigenvalue weighted by atomic mass is 9.96. The fourth-order valence-electron chi connectivity index (χ4n) is 7.48. The maximum absolute atomic E-state index is 14.3. The molecule has 1 saturated heterocycles. The van der Waals surface area contributed by atoms with Gasteiger partial charge in [0.25, 0.3) is 0 Å². The van der Waals surface area contributed by atoms with E-state index in [-0.39, 0.29) is 75.4 Å². The summed E-state index contributed by atoms with van der Waals surface area (Å²) in [5.74, 6) is -6.01. The normalized spacial score (nSPS) is 16.6. The third-order valence-electron chi connectivity index (χ3n) is 11.3. The monoisotopic (exact) mass is 929 g/mol. The molecule has 1 aromatic carbocycles. The summed E-state index contributed by atoms with van der Waals surface area (Å²) in [7, 11) is 0. The Hall–Kier alpha value is -6.03. The van der Waals surface area contributed by atoms with Crippen molar-refractivity contribution in [1.29, 1.82) is 0 Å². The Kier molecular flexibility index (Phi) is 25.1. The zero-order valence-corrected chi connectivity index (χ0v) is 39.0. The zero-order chi connectivity index (χ0) is 49.3. The van der Waals surface area contributed by atoms with Crippen molar-refractivity contribution >= 4 is 53.3 Å². The van der Waals surface area contributed by atoms with E-state index in [4.69, 9.17) is 34.4 Å². The highest BCUT2D eigenvalue weighted by Gasteiger charge is 2.39. The molecule has 0 radical (unpaired) electrons. The first-order chi connectivity index (χ1) is 31.3. The number of likely N-dealkylation sites (tertiary alicyclic amines) is 1. The number of aliphatic carboxylic acids is 1. The molecule has 0 bridgehead atoms. The fourth-order valence-corrected chi connectivity index (χ4v) is 7.48. The van der Waals surface area contributed by atoms with Crippen molar-refractivity contribution in [2.75, 3.05) is 26.2 Å². The summed E-state index contributed by atoms with van der Waals surface area (Å²) in [6.07, 6.45) is 3.78. The average molecular weight is 929 g/mol. The lowest BCUT2D eigenvalue weighted by Crippen LogP contribution is -2.60. The first-order valence-corrected chi connectivity index (χ1v) is 22.9. The molecule has 18 N–H and O–H groups in total. The second-order valence-electron chi connectivity index (χ2n) is 17.3. The summed E-state index contributed by atoms with van der Waals surface area (Å²) < 4.78 is 0. The number of carboxylic acid groups (broad SMARTS) is 1. The zero-order valence-electron chi connectivity index (χ0n) is 39.0. The van der Waals surface area contributed by atoms with Crippen molar-refractivity contribution in [3.63, 3.8) is 0 Å². The Balaban J connectivity index is 2.38. The Morgan fingerprint density at radius 2 is 1.27 bits per heavy atom. The third-order valence-corrected chi connectivity index (χ3v) is 11.3. The van der Waals surface area contributed by atoms with Gasteiger partial charge >= 0.3 is 5.97 Å². The van der Waals surface area contributed by atoms with Gasteiger partial charge in [-0.25, -0.2) is 4.79 Å². The minimum atomic E-state index is -1.30. The molecule has 1 heterocycles. The highest BCUT2D eigenvalue weighted by Crippen LogP contribution is 2.20. The number of hydrogen-bond donors (Lipinski definition) is 12. The second kappa shape index (κ2) is 29.5. The number of carbonyl (C=O) groups excluding carboxylic acids is 6. The van der Waals surface area contributed by atoms with Crippen molar-refractivity contribution < 1.29 is 38.7 Å². The van der Waals surface area contributed by atoms with Crippen LogP contribution in [0.4, 0.5) is 0 Å². The predicted molar refractivity (Wildman–Crippen MR) is 252 cm³/mol. The number of guanidine groups is 2. The van der Waals surface area contributed by atoms with E-state index in [0.29, 0.717) is 57.2 Å². The molecule has 1 aromatic rings. The number of benzene rings is 1. The van der Waals surface area contributed by atoms with Crippen LogP contribution in [0.2, 0.25) is 0 Å². The largest absolute Gasteiger partial charge is 0.480 e. The predicted octanol–water partition coefficient (Wildman–Crippen LogP) is -1.62. The Morgan fingerprint density at radius 1 is 0.727 bits per heavy atom. The van der Waals surface area contributed by atoms with Gasteiger partial charge in [-0.2, -0.15) is 0 Å². The van der Waals surface area contributed by atoms with E-state index in [9.17, 15) is 38.7 Å². The molecule has 1 aliphatic rings. The maximum Gasteiger partial charge on any atom is 0.326 e. The minimum absolute atomic E-state index is 0.000628. The molecule has 6 amide bonds. The van der Waals surface area contributed by atoms with Gasteiger partial charge in [-0.1, -0.05) is 70.9 Å². The van der Waals surface area contributed by atoms with Crippen molar-refractivity contribution in [1.82, 2.24) is 31.5 Å². The van der Waals surface area contributed by atoms with Gasteiger partial charge in [0.05, 0.1) is 6.04 Å². The van der Waals surface area contributed by atoms with Crippen LogP contribution >= 0.6 is 0 Å². The third kappa shape index (κ3) is 20.0. The van der Waals surface area contributed by atoms with Gasteiger partial charge < -0.3 is 71.0 Å². The summed E-state index contributed by atoms with van der Waals surface area (Å²) in [6.45, 7) is 8.25. The van der Waals surface area contributed by atoms with E-state index in [1.54, 1.807) is 37.3 Å². The summed E-state index contributed by atoms with van der Waals surface area (Å²) in [5.41, 5.74) is 34.5. The van der Waals surface area contributed by atoms with E-state index >= 15 is 0 Å². The van der Waals surface area contributed by atoms with Crippen molar-refractivity contribution in [2.24, 2.45) is 56.2 Å². The molecule has 1 fully saturated rings. The van der Waals surface area contributed by atoms with Crippen molar-refractivity contribution in [3.8, 4) is 0 Å². The lowest BCUT2D eigenvalue weighted by Gasteiger charge is -2.30. The number of aliphatic imine (C=N–C) groups is 2. The van der Waals surface area contributed by atoms with E-state index in [0.717, 1.165) is 0 Å². The van der Waals surface area contributed by atoms with E-state index < -0.39 is 83.7 Å². The number of unbranched alkanes of at least 4 members (excludes halogenated alkanes) is 1. The van der Waals surface area contributed by atoms with Crippen LogP contribution in [0.1, 0.15) is 104 Å². The topological polar surface area (TPSA) is 384 Å². The van der Waals surface area contributed by atoms with Crippen molar-refractivity contribution in [3.05, 3.63) is 35.9 Å². The maximum atomic E-state index is 14.3. The molecule has 370 valence electrons. The van der Waals surface area contributed by atoms with Crippen LogP contribution in [0.3, 0.4) is 0 Å². The molecule has 22 nitrogen and oxygen atoms in total. The number of amides is 6. The average Bonchev–Trinajstić information content (AvgIpc) is 3.76. The molecule has 0 saturated carbocycles. The van der Waals surface area contributed by atoms with Gasteiger partial charge in [0.1, 0.15) is 36.3 Å². The summed E-state index contributed by atoms with van der Waals surface area (Å²) in [4.78, 5) is 105. The molecular weight excluding hydrogens is 853 g/mol. The van der Waals surface area contributed by atoms with E-state index in [1.807, 2.05) is 20.8 Å². The molecule has 2 rings (SSSR count). The molecular formula is C44H76N14O8. The Bertz CT molecular complexity index is 1790. The molecule has 0 unspecified atom stereocenters. The van der Waals surface area contributed by atoms with Gasteiger partial charge in [0, 0.05) is 26.1 Å². The molecule has 0 aromatic heterocycles. The fraction of sp³-hybridized carbons (Fsp3) is 0.659. The highest BCUT2D eigenvalue weighted by molar-refractivity contribution is 5.97. The summed E-state index contributed by atoms with van der Waals surface area (Å²) in [6, 6.07) is 0.935. The number of rotatable bonds is 30. The van der Waals surface area contributed by atoms with Crippen LogP contribution < -0.4 is 61.0 Å². The van der Waals surface area contributed by atoms with Gasteiger partial charge in [0.2, 0.25) is 35.4 Å². The van der Waals surface area contributed by atoms with Crippen LogP contribution in [0, 0.1) is 11.8 Å². The van der Waals surface area contributed by atoms with Crippen LogP contribution in [0.5, 0.6) is 0 Å². The Labute approximate surface area is 388 Å². The number of carbonyl (C=O) groups is 7. The number of hydrogen-bond acceptors (Lipinski definition) is 11. The second-order valence-corrected chi connectivity index (χ2v) is 17.3. The molecule has 0 spiro atoms. The first kappa shape index (κ1) is 56.1. The van der Waals surface area contributed by atoms with E-state index in [1.165, 1.54) is 4.90 Å². The summed E-state index contributed by atoms with van der Waals surface area (Å²) >= 11 is 0. The highest BCUT2D eigenvalue weighted by atomic mass is 16.4. The van der Waals surface area contributed by atoms with Crippen LogP contribution in [0.25, 0.3) is 0 Å². The van der Waals surface area contributed by atoms with Crippen LogP contribution in [0.15, 0.2) is 40.3 Å². The number of carboxylic acids is 1. The first-order valence-electron chi connectivity index (χ1n) is 22.9. The summed E-state index contributed by atoms with van der Waals surface area (Å²) in [5, 5.41) is 23.6. The number of nitrogens with one attached hydrogen (secondary N) is 5. The van der Waals surface area contributed by atoms with Crippen LogP contribution in [-0.2, 0) is 40.0 Å². The number of nitrogens with two attached hydrogens (primary N) is 6. The van der Waals surface area contributed by atoms with Gasteiger partial charge in [-0.15, -0.1) is 0 Å². The SMILES string of the molecule is CC[C@H](C)[C@H](NC(=O)[C@H](CCCN=C(N)N)NC(=O)[C@@H]1CCCN1C(=O)[C@@H](N)CCCCN)C(=O)N[C@@H](CCCN=C(N)N)C(=O)N[C@@H](CC(C)C)C(=O)N[C@@H](Cc1ccccc1)C(=O)O. The number of nitrogens with zero attached hydrogens (tertiary/aromatic N) is 3. The molecule has 22 heteroatoms. The quantitative estimate of drug-likeness (QED) is 0.0235. The van der Waals surface area contributed by atoms with Crippen LogP contribution in [-0.4, -0.2) is 132 Å². The minimum Gasteiger partial charge on any atom is -0.480 e. The van der Waals surface area contributed by atoms with E-state index in [2.05, 4.69) is 36.6 Å². The van der Waals surface area contributed by atoms with Gasteiger partial charge in [-0.05, 0) is 81.7 Å². The van der Waals surface area contributed by atoms with Gasteiger partial charge in [-0.3, -0.25) is 38.8 Å². The lowest BCUT2D eigenvalue weighted by molar-refractivity contribution is -0.142. The molecule has 8 atom stereocenters. The molecule has 1 aliphatic heterocycles. The molecule has 0 aliphatic carbocycles. The molecule has 66 heavy (non-hydrogen) atoms.